The molecule has 1 aromatic carbocycles. The second kappa shape index (κ2) is 10.0. The zero-order valence-corrected chi connectivity index (χ0v) is 14.6. The molecule has 6 heteroatoms. The van der Waals surface area contributed by atoms with E-state index in [1.165, 1.54) is 5.57 Å². The van der Waals surface area contributed by atoms with Crippen LogP contribution in [0.3, 0.4) is 0 Å². The summed E-state index contributed by atoms with van der Waals surface area (Å²) in [5.41, 5.74) is 2.29. The highest BCUT2D eigenvalue weighted by atomic mass is 19.4. The molecule has 2 rings (SSSR count). The molecule has 0 heterocycles. The van der Waals surface area contributed by atoms with Gasteiger partial charge in [-0.05, 0) is 44.1 Å². The standard InChI is InChI=1S/C20H24F3NO2/c21-20(22,23)15-24-19(25)26-18(13-11-16-7-3-1-4-8-16)14-12-17-9-5-2-6-10-17/h1,3-5,7-10,18H,2,6,11-15H2,(H,24,25). The molecule has 0 radical (unpaired) electrons. The van der Waals surface area contributed by atoms with E-state index in [2.05, 4.69) is 18.2 Å². The number of allylic oxidation sites excluding steroid dienone is 4. The van der Waals surface area contributed by atoms with Crippen LogP contribution in [-0.2, 0) is 11.2 Å². The molecule has 1 atom stereocenters. The van der Waals surface area contributed by atoms with Crippen LogP contribution in [0.1, 0.15) is 37.7 Å². The van der Waals surface area contributed by atoms with Crippen LogP contribution in [0.15, 0.2) is 54.1 Å². The lowest BCUT2D eigenvalue weighted by Crippen LogP contribution is -2.36. The van der Waals surface area contributed by atoms with Crippen LogP contribution < -0.4 is 5.32 Å². The van der Waals surface area contributed by atoms with E-state index in [9.17, 15) is 18.0 Å². The molecule has 0 aliphatic heterocycles. The minimum absolute atomic E-state index is 0.431. The number of benzene rings is 1. The normalized spacial score (nSPS) is 15.3. The number of alkyl halides is 3. The minimum atomic E-state index is -4.45. The molecule has 0 aromatic heterocycles. The van der Waals surface area contributed by atoms with Crippen molar-refractivity contribution in [2.24, 2.45) is 0 Å². The fourth-order valence-corrected chi connectivity index (χ4v) is 2.78. The number of hydrogen-bond donors (Lipinski definition) is 1. The summed E-state index contributed by atoms with van der Waals surface area (Å²) in [5, 5.41) is 1.77. The number of hydrogen-bond acceptors (Lipinski definition) is 2. The highest BCUT2D eigenvalue weighted by molar-refractivity contribution is 5.67. The van der Waals surface area contributed by atoms with Crippen molar-refractivity contribution in [2.45, 2.75) is 50.8 Å². The first-order valence-electron chi connectivity index (χ1n) is 8.83. The fourth-order valence-electron chi connectivity index (χ4n) is 2.78. The van der Waals surface area contributed by atoms with Crippen LogP contribution in [0.2, 0.25) is 0 Å². The average molecular weight is 367 g/mol. The smallest absolute Gasteiger partial charge is 0.407 e. The molecule has 1 N–H and O–H groups in total. The number of carbonyl (C=O) groups excluding carboxylic acids is 1. The quantitative estimate of drug-likeness (QED) is 0.674. The summed E-state index contributed by atoms with van der Waals surface area (Å²) in [6.07, 6.45) is 5.03. The number of ether oxygens (including phenoxy) is 1. The Morgan fingerprint density at radius 3 is 2.50 bits per heavy atom. The number of nitrogens with one attached hydrogen (secondary N) is 1. The lowest BCUT2D eigenvalue weighted by molar-refractivity contribution is -0.124. The number of aryl methyl sites for hydroxylation is 1. The molecule has 1 amide bonds. The zero-order chi connectivity index (χ0) is 18.8. The monoisotopic (exact) mass is 367 g/mol. The van der Waals surface area contributed by atoms with Crippen LogP contribution in [0.25, 0.3) is 0 Å². The third kappa shape index (κ3) is 8.23. The first-order valence-corrected chi connectivity index (χ1v) is 8.83. The van der Waals surface area contributed by atoms with Gasteiger partial charge in [0, 0.05) is 0 Å². The first-order chi connectivity index (χ1) is 12.4. The largest absolute Gasteiger partial charge is 0.446 e. The topological polar surface area (TPSA) is 38.3 Å². The highest BCUT2D eigenvalue weighted by Crippen LogP contribution is 2.20. The second-order valence-electron chi connectivity index (χ2n) is 6.32. The summed E-state index contributed by atoms with van der Waals surface area (Å²) in [4.78, 5) is 11.7. The van der Waals surface area contributed by atoms with Crippen LogP contribution in [0.5, 0.6) is 0 Å². The third-order valence-electron chi connectivity index (χ3n) is 4.13. The number of amides is 1. The van der Waals surface area contributed by atoms with Gasteiger partial charge in [0.2, 0.25) is 0 Å². The second-order valence-corrected chi connectivity index (χ2v) is 6.32. The van der Waals surface area contributed by atoms with Crippen molar-refractivity contribution in [3.05, 3.63) is 59.7 Å². The molecule has 0 bridgehead atoms. The van der Waals surface area contributed by atoms with Crippen molar-refractivity contribution < 1.29 is 22.7 Å². The van der Waals surface area contributed by atoms with E-state index in [4.69, 9.17) is 4.74 Å². The van der Waals surface area contributed by atoms with E-state index >= 15 is 0 Å². The third-order valence-corrected chi connectivity index (χ3v) is 4.13. The van der Waals surface area contributed by atoms with E-state index < -0.39 is 24.9 Å². The van der Waals surface area contributed by atoms with Gasteiger partial charge in [0.25, 0.3) is 0 Å². The van der Waals surface area contributed by atoms with Crippen LogP contribution in [0.4, 0.5) is 18.0 Å². The van der Waals surface area contributed by atoms with Gasteiger partial charge >= 0.3 is 12.3 Å². The van der Waals surface area contributed by atoms with Gasteiger partial charge in [-0.15, -0.1) is 0 Å². The summed E-state index contributed by atoms with van der Waals surface area (Å²) < 4.78 is 41.9. The summed E-state index contributed by atoms with van der Waals surface area (Å²) in [5.74, 6) is 0. The molecule has 142 valence electrons. The maximum absolute atomic E-state index is 12.2. The van der Waals surface area contributed by atoms with Gasteiger partial charge in [0.1, 0.15) is 12.6 Å². The van der Waals surface area contributed by atoms with Crippen LogP contribution in [0, 0.1) is 0 Å². The molecule has 26 heavy (non-hydrogen) atoms. The van der Waals surface area contributed by atoms with Gasteiger partial charge in [-0.1, -0.05) is 54.1 Å². The maximum Gasteiger partial charge on any atom is 0.407 e. The Kier molecular flexibility index (Phi) is 7.75. The van der Waals surface area contributed by atoms with Gasteiger partial charge in [0.05, 0.1) is 0 Å². The predicted molar refractivity (Wildman–Crippen MR) is 94.8 cm³/mol. The Morgan fingerprint density at radius 1 is 1.12 bits per heavy atom. The molecule has 0 fully saturated rings. The van der Waals surface area contributed by atoms with Crippen molar-refractivity contribution in [1.82, 2.24) is 5.32 Å². The van der Waals surface area contributed by atoms with E-state index in [0.717, 1.165) is 24.8 Å². The molecule has 1 aliphatic rings. The number of alkyl carbamates (subject to hydrolysis) is 1. The summed E-state index contributed by atoms with van der Waals surface area (Å²) in [6, 6.07) is 9.74. The molecular weight excluding hydrogens is 343 g/mol. The molecule has 1 aliphatic carbocycles. The molecule has 0 spiro atoms. The summed E-state index contributed by atoms with van der Waals surface area (Å²) in [7, 11) is 0. The van der Waals surface area contributed by atoms with Crippen molar-refractivity contribution in [3.8, 4) is 0 Å². The lowest BCUT2D eigenvalue weighted by Gasteiger charge is -2.19. The van der Waals surface area contributed by atoms with E-state index in [1.807, 2.05) is 30.3 Å². The molecule has 3 nitrogen and oxygen atoms in total. The maximum atomic E-state index is 12.2. The lowest BCUT2D eigenvalue weighted by atomic mass is 9.98. The van der Waals surface area contributed by atoms with E-state index in [-0.39, 0.29) is 0 Å². The van der Waals surface area contributed by atoms with Gasteiger partial charge in [-0.3, -0.25) is 0 Å². The van der Waals surface area contributed by atoms with Crippen molar-refractivity contribution >= 4 is 6.09 Å². The van der Waals surface area contributed by atoms with Crippen LogP contribution >= 0.6 is 0 Å². The van der Waals surface area contributed by atoms with Gasteiger partial charge in [-0.25, -0.2) is 4.79 Å². The fraction of sp³-hybridized carbons (Fsp3) is 0.450. The van der Waals surface area contributed by atoms with Crippen molar-refractivity contribution in [2.75, 3.05) is 6.54 Å². The molecule has 0 saturated carbocycles. The minimum Gasteiger partial charge on any atom is -0.446 e. The summed E-state index contributed by atoms with van der Waals surface area (Å²) >= 11 is 0. The Balaban J connectivity index is 1.87. The van der Waals surface area contributed by atoms with Gasteiger partial charge in [-0.2, -0.15) is 13.2 Å². The number of rotatable bonds is 8. The Bertz CT molecular complexity index is 624. The SMILES string of the molecule is O=C(NCC(F)(F)F)OC(CCC1=CCCC=C1)CCc1ccccc1. The zero-order valence-electron chi connectivity index (χ0n) is 14.6. The molecule has 1 unspecified atom stereocenters. The van der Waals surface area contributed by atoms with E-state index in [0.29, 0.717) is 19.3 Å². The molecule has 0 saturated heterocycles. The van der Waals surface area contributed by atoms with Crippen molar-refractivity contribution in [3.63, 3.8) is 0 Å². The van der Waals surface area contributed by atoms with Gasteiger partial charge < -0.3 is 10.1 Å². The Labute approximate surface area is 151 Å². The van der Waals surface area contributed by atoms with Crippen LogP contribution in [-0.4, -0.2) is 24.9 Å². The number of carbonyl (C=O) groups is 1. The average Bonchev–Trinajstić information content (AvgIpc) is 2.63. The molecular formula is C20H24F3NO2. The highest BCUT2D eigenvalue weighted by Gasteiger charge is 2.28. The van der Waals surface area contributed by atoms with Crippen molar-refractivity contribution in [1.29, 1.82) is 0 Å². The van der Waals surface area contributed by atoms with Gasteiger partial charge in [0.15, 0.2) is 0 Å². The van der Waals surface area contributed by atoms with E-state index in [1.54, 1.807) is 5.32 Å². The molecule has 1 aromatic rings. The Morgan fingerprint density at radius 2 is 1.85 bits per heavy atom. The summed E-state index contributed by atoms with van der Waals surface area (Å²) in [6.45, 7) is -1.38. The Hall–Kier alpha value is -2.24. The predicted octanol–water partition coefficient (Wildman–Crippen LogP) is 5.33. The first kappa shape index (κ1) is 20.1. The number of halogens is 3.